The lowest BCUT2D eigenvalue weighted by Gasteiger charge is -2.27. The number of hydrogen-bond donors (Lipinski definition) is 2. The minimum Gasteiger partial charge on any atom is -0.481 e. The van der Waals surface area contributed by atoms with Crippen LogP contribution in [-0.4, -0.2) is 40.0 Å². The number of allylic oxidation sites excluding steroid dienone is 1. The Morgan fingerprint density at radius 3 is 2.44 bits per heavy atom. The Hall–Kier alpha value is -2.54. The lowest BCUT2D eigenvalue weighted by atomic mass is 9.88. The third kappa shape index (κ3) is 5.47. The van der Waals surface area contributed by atoms with Gasteiger partial charge in [0.25, 0.3) is 0 Å². The molecule has 1 fully saturated rings. The number of anilines is 1. The van der Waals surface area contributed by atoms with Crippen LogP contribution in [0.25, 0.3) is 0 Å². The molecule has 1 aromatic carbocycles. The molecule has 3 atom stereocenters. The molecule has 0 bridgehead atoms. The molecule has 146 valence electrons. The summed E-state index contributed by atoms with van der Waals surface area (Å²) in [6, 6.07) is 5.23. The molecule has 6 nitrogen and oxygen atoms in total. The summed E-state index contributed by atoms with van der Waals surface area (Å²) in [6.07, 6.45) is 1.18. The first-order valence-electron chi connectivity index (χ1n) is 8.87. The van der Waals surface area contributed by atoms with Crippen LogP contribution in [0.2, 0.25) is 0 Å². The molecule has 1 heterocycles. The van der Waals surface area contributed by atoms with Gasteiger partial charge in [-0.25, -0.2) is 4.39 Å². The lowest BCUT2D eigenvalue weighted by molar-refractivity contribution is -0.139. The zero-order valence-corrected chi connectivity index (χ0v) is 15.3. The highest BCUT2D eigenvalue weighted by atomic mass is 19.1. The van der Waals surface area contributed by atoms with Gasteiger partial charge in [0.2, 0.25) is 5.91 Å². The first kappa shape index (κ1) is 20.8. The molecule has 1 amide bonds. The molecule has 1 aromatic rings. The summed E-state index contributed by atoms with van der Waals surface area (Å²) >= 11 is 0. The van der Waals surface area contributed by atoms with Crippen LogP contribution in [0.4, 0.5) is 10.1 Å². The Morgan fingerprint density at radius 1 is 1.26 bits per heavy atom. The Labute approximate surface area is 157 Å². The Bertz CT molecular complexity index is 728. The van der Waals surface area contributed by atoms with E-state index in [0.29, 0.717) is 12.1 Å². The van der Waals surface area contributed by atoms with Gasteiger partial charge >= 0.3 is 5.97 Å². The predicted octanol–water partition coefficient (Wildman–Crippen LogP) is 2.55. The number of aliphatic carboxylic acids is 1. The summed E-state index contributed by atoms with van der Waals surface area (Å²) in [5.41, 5.74) is 0.553. The van der Waals surface area contributed by atoms with E-state index >= 15 is 0 Å². The summed E-state index contributed by atoms with van der Waals surface area (Å²) in [5.74, 6) is -1.93. The van der Waals surface area contributed by atoms with Gasteiger partial charge in [-0.3, -0.25) is 14.4 Å². The number of halogens is 1. The van der Waals surface area contributed by atoms with Crippen LogP contribution >= 0.6 is 0 Å². The van der Waals surface area contributed by atoms with E-state index in [1.807, 2.05) is 13.8 Å². The maximum Gasteiger partial charge on any atom is 0.305 e. The van der Waals surface area contributed by atoms with Crippen LogP contribution < -0.4 is 4.90 Å². The van der Waals surface area contributed by atoms with Crippen LogP contribution in [0, 0.1) is 17.7 Å². The Morgan fingerprint density at radius 2 is 1.89 bits per heavy atom. The number of nitrogens with zero attached hydrogens (tertiary/aromatic N) is 1. The van der Waals surface area contributed by atoms with E-state index in [0.717, 1.165) is 0 Å². The SMILES string of the molecule is CC(C)[C@H]1CC(=O)N(c2ccc(F)cc2)[C@@H]1C=CC(=O)C[C@@H](O)CC(=O)O. The molecule has 0 unspecified atom stereocenters. The monoisotopic (exact) mass is 377 g/mol. The molecule has 2 N–H and O–H groups in total. The van der Waals surface area contributed by atoms with Crippen molar-refractivity contribution < 1.29 is 29.0 Å². The minimum atomic E-state index is -1.25. The second-order valence-electron chi connectivity index (χ2n) is 7.12. The molecule has 0 aliphatic carbocycles. The van der Waals surface area contributed by atoms with Crippen molar-refractivity contribution in [2.24, 2.45) is 11.8 Å². The number of hydrogen-bond acceptors (Lipinski definition) is 4. The zero-order valence-electron chi connectivity index (χ0n) is 15.3. The van der Waals surface area contributed by atoms with Gasteiger partial charge in [-0.2, -0.15) is 0 Å². The Kier molecular flexibility index (Phi) is 6.85. The molecule has 1 saturated heterocycles. The fraction of sp³-hybridized carbons (Fsp3) is 0.450. The van der Waals surface area contributed by atoms with E-state index < -0.39 is 30.1 Å². The molecular formula is C20H24FNO5. The van der Waals surface area contributed by atoms with E-state index in [-0.39, 0.29) is 30.2 Å². The van der Waals surface area contributed by atoms with E-state index in [1.165, 1.54) is 30.3 Å². The number of aliphatic hydroxyl groups excluding tert-OH is 1. The third-order valence-corrected chi connectivity index (χ3v) is 4.70. The van der Waals surface area contributed by atoms with Gasteiger partial charge in [-0.05, 0) is 42.2 Å². The third-order valence-electron chi connectivity index (χ3n) is 4.70. The van der Waals surface area contributed by atoms with Crippen molar-refractivity contribution in [2.75, 3.05) is 4.90 Å². The second-order valence-corrected chi connectivity index (χ2v) is 7.12. The van der Waals surface area contributed by atoms with Crippen molar-refractivity contribution >= 4 is 23.3 Å². The number of amides is 1. The van der Waals surface area contributed by atoms with Crippen molar-refractivity contribution in [1.82, 2.24) is 0 Å². The van der Waals surface area contributed by atoms with Crippen LogP contribution in [0.15, 0.2) is 36.4 Å². The van der Waals surface area contributed by atoms with Gasteiger partial charge in [-0.15, -0.1) is 0 Å². The van der Waals surface area contributed by atoms with Crippen molar-refractivity contribution in [3.8, 4) is 0 Å². The molecule has 0 radical (unpaired) electrons. The average Bonchev–Trinajstić information content (AvgIpc) is 2.89. The number of carboxylic acid groups (broad SMARTS) is 1. The molecule has 1 aliphatic heterocycles. The molecule has 2 rings (SSSR count). The second kappa shape index (κ2) is 8.90. The van der Waals surface area contributed by atoms with Crippen molar-refractivity contribution in [3.05, 3.63) is 42.2 Å². The Balaban J connectivity index is 2.19. The van der Waals surface area contributed by atoms with Crippen LogP contribution in [0.5, 0.6) is 0 Å². The van der Waals surface area contributed by atoms with E-state index in [1.54, 1.807) is 11.0 Å². The van der Waals surface area contributed by atoms with Crippen LogP contribution in [-0.2, 0) is 14.4 Å². The lowest BCUT2D eigenvalue weighted by Crippen LogP contribution is -2.35. The molecule has 1 aliphatic rings. The molecule has 7 heteroatoms. The van der Waals surface area contributed by atoms with E-state index in [9.17, 15) is 23.9 Å². The predicted molar refractivity (Wildman–Crippen MR) is 97.6 cm³/mol. The number of ketones is 1. The van der Waals surface area contributed by atoms with Crippen molar-refractivity contribution in [3.63, 3.8) is 0 Å². The largest absolute Gasteiger partial charge is 0.481 e. The summed E-state index contributed by atoms with van der Waals surface area (Å²) in [5, 5.41) is 18.2. The maximum absolute atomic E-state index is 13.2. The van der Waals surface area contributed by atoms with Gasteiger partial charge < -0.3 is 15.1 Å². The maximum atomic E-state index is 13.2. The fourth-order valence-electron chi connectivity index (χ4n) is 3.34. The minimum absolute atomic E-state index is 0.0180. The normalized spacial score (nSPS) is 21.2. The van der Waals surface area contributed by atoms with E-state index in [4.69, 9.17) is 5.11 Å². The number of rotatable bonds is 8. The molecule has 27 heavy (non-hydrogen) atoms. The standard InChI is InChI=1S/C20H24FNO5/c1-12(2)17-11-19(25)22(14-5-3-13(21)4-6-14)18(17)8-7-15(23)9-16(24)10-20(26)27/h3-8,12,16-18,24H,9-11H2,1-2H3,(H,26,27)/t16-,17-,18-/m1/s1. The number of carbonyl (C=O) groups excluding carboxylic acids is 2. The molecule has 0 saturated carbocycles. The highest BCUT2D eigenvalue weighted by Crippen LogP contribution is 2.36. The van der Waals surface area contributed by atoms with Gasteiger partial charge in [0.15, 0.2) is 5.78 Å². The summed E-state index contributed by atoms with van der Waals surface area (Å²) in [7, 11) is 0. The average molecular weight is 377 g/mol. The highest BCUT2D eigenvalue weighted by Gasteiger charge is 2.40. The summed E-state index contributed by atoms with van der Waals surface area (Å²) < 4.78 is 13.2. The summed E-state index contributed by atoms with van der Waals surface area (Å²) in [6.45, 7) is 3.98. The highest BCUT2D eigenvalue weighted by molar-refractivity contribution is 5.98. The quantitative estimate of drug-likeness (QED) is 0.679. The smallest absolute Gasteiger partial charge is 0.305 e. The van der Waals surface area contributed by atoms with Gasteiger partial charge in [-0.1, -0.05) is 19.9 Å². The van der Waals surface area contributed by atoms with Crippen molar-refractivity contribution in [1.29, 1.82) is 0 Å². The zero-order chi connectivity index (χ0) is 20.1. The van der Waals surface area contributed by atoms with Gasteiger partial charge in [0, 0.05) is 18.5 Å². The number of carboxylic acids is 1. The molecular weight excluding hydrogens is 353 g/mol. The fourth-order valence-corrected chi connectivity index (χ4v) is 3.34. The van der Waals surface area contributed by atoms with Gasteiger partial charge in [0.1, 0.15) is 5.82 Å². The van der Waals surface area contributed by atoms with Gasteiger partial charge in [0.05, 0.1) is 18.6 Å². The first-order chi connectivity index (χ1) is 12.7. The molecule has 0 spiro atoms. The number of aliphatic hydroxyl groups is 1. The van der Waals surface area contributed by atoms with Crippen LogP contribution in [0.3, 0.4) is 0 Å². The topological polar surface area (TPSA) is 94.9 Å². The summed E-state index contributed by atoms with van der Waals surface area (Å²) in [4.78, 5) is 36.7. The molecule has 0 aromatic heterocycles. The van der Waals surface area contributed by atoms with Crippen molar-refractivity contribution in [2.45, 2.75) is 45.3 Å². The number of carbonyl (C=O) groups is 3. The van der Waals surface area contributed by atoms with E-state index in [2.05, 4.69) is 0 Å². The number of benzene rings is 1. The first-order valence-corrected chi connectivity index (χ1v) is 8.87. The van der Waals surface area contributed by atoms with Crippen LogP contribution in [0.1, 0.15) is 33.1 Å².